The van der Waals surface area contributed by atoms with E-state index in [-0.39, 0.29) is 5.41 Å². The van der Waals surface area contributed by atoms with Gasteiger partial charge in [-0.2, -0.15) is 10.1 Å². The Bertz CT molecular complexity index is 606. The highest BCUT2D eigenvalue weighted by atomic mass is 35.5. The first-order valence-corrected chi connectivity index (χ1v) is 6.94. The van der Waals surface area contributed by atoms with Crippen molar-refractivity contribution in [3.8, 4) is 11.6 Å². The first-order chi connectivity index (χ1) is 8.93. The second-order valence-electron chi connectivity index (χ2n) is 5.27. The van der Waals surface area contributed by atoms with Crippen LogP contribution in [0.1, 0.15) is 31.8 Å². The minimum atomic E-state index is -0.671. The minimum absolute atomic E-state index is 0.169. The van der Waals surface area contributed by atoms with Crippen LogP contribution in [0, 0.1) is 5.41 Å². The summed E-state index contributed by atoms with van der Waals surface area (Å²) in [6, 6.07) is 1.91. The molecule has 1 fully saturated rings. The van der Waals surface area contributed by atoms with Crippen LogP contribution in [0.3, 0.4) is 0 Å². The average molecular weight is 301 g/mol. The van der Waals surface area contributed by atoms with Crippen molar-refractivity contribution in [3.05, 3.63) is 17.6 Å². The van der Waals surface area contributed by atoms with Crippen molar-refractivity contribution < 1.29 is 4.52 Å². The molecule has 1 aliphatic rings. The first-order valence-electron chi connectivity index (χ1n) is 6.18. The van der Waals surface area contributed by atoms with E-state index in [1.54, 1.807) is 0 Å². The fourth-order valence-corrected chi connectivity index (χ4v) is 2.79. The zero-order valence-electron chi connectivity index (χ0n) is 10.7. The maximum atomic E-state index is 6.11. The van der Waals surface area contributed by atoms with E-state index in [9.17, 15) is 0 Å². The van der Waals surface area contributed by atoms with Gasteiger partial charge in [0.25, 0.3) is 5.89 Å². The molecule has 7 heteroatoms. The van der Waals surface area contributed by atoms with Gasteiger partial charge in [0.05, 0.1) is 0 Å². The maximum absolute atomic E-state index is 6.11. The van der Waals surface area contributed by atoms with Gasteiger partial charge in [0.1, 0.15) is 4.33 Å². The molecule has 0 spiro atoms. The monoisotopic (exact) mass is 300 g/mol. The lowest BCUT2D eigenvalue weighted by Crippen LogP contribution is -2.09. The highest BCUT2D eigenvalue weighted by Gasteiger charge is 2.63. The van der Waals surface area contributed by atoms with Gasteiger partial charge in [-0.25, -0.2) is 0 Å². The third kappa shape index (κ3) is 2.25. The van der Waals surface area contributed by atoms with Crippen LogP contribution >= 0.6 is 23.2 Å². The molecule has 3 rings (SSSR count). The summed E-state index contributed by atoms with van der Waals surface area (Å²) in [7, 11) is 0. The average Bonchev–Trinajstić information content (AvgIpc) is 2.82. The van der Waals surface area contributed by atoms with Crippen LogP contribution < -0.4 is 0 Å². The first kappa shape index (κ1) is 12.9. The molecule has 1 saturated carbocycles. The van der Waals surface area contributed by atoms with Crippen molar-refractivity contribution in [1.82, 2.24) is 20.3 Å². The van der Waals surface area contributed by atoms with Gasteiger partial charge in [0.2, 0.25) is 0 Å². The Morgan fingerprint density at radius 3 is 2.79 bits per heavy atom. The molecule has 0 bridgehead atoms. The lowest BCUT2D eigenvalue weighted by molar-refractivity contribution is 0.412. The molecule has 1 N–H and O–H groups in total. The van der Waals surface area contributed by atoms with Crippen LogP contribution in [-0.2, 0) is 12.8 Å². The Morgan fingerprint density at radius 1 is 1.47 bits per heavy atom. The number of hydrogen-bond donors (Lipinski definition) is 1. The number of halogens is 2. The van der Waals surface area contributed by atoms with Gasteiger partial charge in [-0.3, -0.25) is 5.10 Å². The Labute approximate surface area is 120 Å². The summed E-state index contributed by atoms with van der Waals surface area (Å²) >= 11 is 12.2. The Kier molecular flexibility index (Phi) is 2.87. The summed E-state index contributed by atoms with van der Waals surface area (Å²) in [5.74, 6) is 1.03. The molecule has 0 amide bonds. The lowest BCUT2D eigenvalue weighted by atomic mass is 10.1. The number of hydrogen-bond acceptors (Lipinski definition) is 4. The smallest absolute Gasteiger partial charge is 0.278 e. The summed E-state index contributed by atoms with van der Waals surface area (Å²) in [6.45, 7) is 4.07. The van der Waals surface area contributed by atoms with E-state index in [1.807, 2.05) is 19.9 Å². The molecule has 0 saturated heterocycles. The topological polar surface area (TPSA) is 67.6 Å². The van der Waals surface area contributed by atoms with Crippen LogP contribution in [0.5, 0.6) is 0 Å². The second-order valence-corrected chi connectivity index (χ2v) is 6.75. The Hall–Kier alpha value is -1.07. The zero-order valence-corrected chi connectivity index (χ0v) is 12.2. The van der Waals surface area contributed by atoms with Crippen LogP contribution in [-0.4, -0.2) is 24.7 Å². The van der Waals surface area contributed by atoms with Gasteiger partial charge < -0.3 is 4.52 Å². The third-order valence-electron chi connectivity index (χ3n) is 3.62. The fraction of sp³-hybridized carbons (Fsp3) is 0.583. The van der Waals surface area contributed by atoms with Crippen molar-refractivity contribution in [3.63, 3.8) is 0 Å². The number of rotatable bonds is 4. The van der Waals surface area contributed by atoms with Crippen molar-refractivity contribution in [2.45, 2.75) is 37.4 Å². The third-order valence-corrected chi connectivity index (χ3v) is 4.80. The van der Waals surface area contributed by atoms with E-state index in [4.69, 9.17) is 27.7 Å². The predicted molar refractivity (Wildman–Crippen MR) is 72.1 cm³/mol. The summed E-state index contributed by atoms with van der Waals surface area (Å²) < 4.78 is 4.55. The van der Waals surface area contributed by atoms with E-state index in [0.717, 1.165) is 18.5 Å². The molecule has 19 heavy (non-hydrogen) atoms. The Balaban J connectivity index is 1.77. The summed E-state index contributed by atoms with van der Waals surface area (Å²) in [6.07, 6.45) is 2.23. The fourth-order valence-electron chi connectivity index (χ4n) is 2.07. The van der Waals surface area contributed by atoms with Crippen molar-refractivity contribution >= 4 is 23.2 Å². The number of alkyl halides is 2. The van der Waals surface area contributed by atoms with E-state index in [2.05, 4.69) is 20.3 Å². The molecule has 102 valence electrons. The molecule has 5 nitrogen and oxygen atoms in total. The van der Waals surface area contributed by atoms with Crippen molar-refractivity contribution in [1.29, 1.82) is 0 Å². The van der Waals surface area contributed by atoms with Crippen LogP contribution in [0.15, 0.2) is 10.6 Å². The number of H-pyrrole nitrogens is 1. The zero-order chi connectivity index (χ0) is 13.7. The molecule has 1 aliphatic carbocycles. The predicted octanol–water partition coefficient (Wildman–Crippen LogP) is 3.15. The lowest BCUT2D eigenvalue weighted by Gasteiger charge is -2.07. The SMILES string of the molecule is CCc1cc(-c2nc(CC3(C)CC3(Cl)Cl)no2)n[nH]1. The van der Waals surface area contributed by atoms with Gasteiger partial charge in [-0.1, -0.05) is 19.0 Å². The van der Waals surface area contributed by atoms with Crippen LogP contribution in [0.25, 0.3) is 11.6 Å². The summed E-state index contributed by atoms with van der Waals surface area (Å²) in [4.78, 5) is 4.34. The molecular weight excluding hydrogens is 287 g/mol. The quantitative estimate of drug-likeness (QED) is 0.881. The van der Waals surface area contributed by atoms with E-state index < -0.39 is 4.33 Å². The van der Waals surface area contributed by atoms with E-state index in [1.165, 1.54) is 0 Å². The molecule has 1 unspecified atom stereocenters. The van der Waals surface area contributed by atoms with Crippen molar-refractivity contribution in [2.75, 3.05) is 0 Å². The molecule has 2 aromatic heterocycles. The van der Waals surface area contributed by atoms with Gasteiger partial charge in [0.15, 0.2) is 11.5 Å². The molecule has 2 heterocycles. The minimum Gasteiger partial charge on any atom is -0.332 e. The molecule has 1 atom stereocenters. The Morgan fingerprint density at radius 2 is 2.21 bits per heavy atom. The number of nitrogens with zero attached hydrogens (tertiary/aromatic N) is 3. The van der Waals surface area contributed by atoms with Gasteiger partial charge in [0, 0.05) is 17.5 Å². The molecule has 0 aliphatic heterocycles. The van der Waals surface area contributed by atoms with Crippen molar-refractivity contribution in [2.24, 2.45) is 5.41 Å². The van der Waals surface area contributed by atoms with E-state index in [0.29, 0.717) is 23.8 Å². The highest BCUT2D eigenvalue weighted by molar-refractivity contribution is 6.51. The highest BCUT2D eigenvalue weighted by Crippen LogP contribution is 2.64. The summed E-state index contributed by atoms with van der Waals surface area (Å²) in [5.41, 5.74) is 1.53. The van der Waals surface area contributed by atoms with Crippen LogP contribution in [0.2, 0.25) is 0 Å². The molecule has 2 aromatic rings. The number of aromatic nitrogens is 4. The second kappa shape index (κ2) is 4.21. The number of aryl methyl sites for hydroxylation is 1. The van der Waals surface area contributed by atoms with Gasteiger partial charge in [-0.15, -0.1) is 23.2 Å². The molecule has 0 radical (unpaired) electrons. The van der Waals surface area contributed by atoms with Crippen LogP contribution in [0.4, 0.5) is 0 Å². The molecule has 0 aromatic carbocycles. The standard InChI is InChI=1S/C12H14Cl2N4O/c1-3-7-4-8(17-16-7)10-15-9(18-19-10)5-11(2)6-12(11,13)14/h4H,3,5-6H2,1-2H3,(H,16,17). The number of nitrogens with one attached hydrogen (secondary N) is 1. The largest absolute Gasteiger partial charge is 0.332 e. The summed E-state index contributed by atoms with van der Waals surface area (Å²) in [5, 5.41) is 11.0. The maximum Gasteiger partial charge on any atom is 0.278 e. The van der Waals surface area contributed by atoms with E-state index >= 15 is 0 Å². The number of aromatic amines is 1. The molecular formula is C12H14Cl2N4O. The van der Waals surface area contributed by atoms with Gasteiger partial charge >= 0.3 is 0 Å². The normalized spacial score (nSPS) is 24.6. The van der Waals surface area contributed by atoms with Gasteiger partial charge in [-0.05, 0) is 18.9 Å².